The number of hydrogen-bond acceptors (Lipinski definition) is 14. The van der Waals surface area contributed by atoms with Crippen LogP contribution < -0.4 is 16.0 Å². The molecule has 8 fully saturated rings. The number of hydrogen-bond donors (Lipinski definition) is 3. The molecule has 4 heterocycles. The third kappa shape index (κ3) is 21.1. The highest BCUT2D eigenvalue weighted by molar-refractivity contribution is 6.04. The Labute approximate surface area is 633 Å². The monoisotopic (exact) mass is 1560 g/mol. The van der Waals surface area contributed by atoms with E-state index in [9.17, 15) is 50.3 Å². The number of rotatable bonds is 11. The molecule has 2 bridgehead atoms. The van der Waals surface area contributed by atoms with Crippen molar-refractivity contribution in [2.75, 3.05) is 94.8 Å². The highest BCUT2D eigenvalue weighted by Gasteiger charge is 2.56. The van der Waals surface area contributed by atoms with Gasteiger partial charge in [0.15, 0.2) is 5.78 Å². The highest BCUT2D eigenvalue weighted by Crippen LogP contribution is 2.46. The molecule has 4 saturated heterocycles. The van der Waals surface area contributed by atoms with Crippen molar-refractivity contribution in [3.8, 4) is 0 Å². The van der Waals surface area contributed by atoms with E-state index in [0.717, 1.165) is 24.5 Å². The number of nitrogens with one attached hydrogen (secondary N) is 3. The predicted molar refractivity (Wildman–Crippen MR) is 379 cm³/mol. The van der Waals surface area contributed by atoms with Gasteiger partial charge in [0.05, 0.1) is 45.2 Å². The normalized spacial score (nSPS) is 31.9. The fraction of sp³-hybridized carbons (Fsp3) is 0.827. The molecule has 4 aliphatic heterocycles. The molecule has 0 aromatic heterocycles. The second-order valence-electron chi connectivity index (χ2n) is 32.6. The van der Waals surface area contributed by atoms with Gasteiger partial charge in [-0.05, 0) is 139 Å². The van der Waals surface area contributed by atoms with Gasteiger partial charge in [-0.3, -0.25) is 62.3 Å². The number of morpholine rings is 1. The number of alkyl halides is 8. The van der Waals surface area contributed by atoms with E-state index in [1.165, 1.54) is 61.9 Å². The highest BCUT2D eigenvalue weighted by atomic mass is 19.4. The minimum absolute atomic E-state index is 0.000897. The summed E-state index contributed by atoms with van der Waals surface area (Å²) in [6.45, 7) is 5.17. The number of fused-ring (bicyclic) bond motifs is 3. The minimum Gasteiger partial charge on any atom is -0.378 e. The van der Waals surface area contributed by atoms with Crippen molar-refractivity contribution in [3.63, 3.8) is 0 Å². The van der Waals surface area contributed by atoms with Crippen LogP contribution >= 0.6 is 0 Å². The van der Waals surface area contributed by atoms with E-state index in [2.05, 4.69) is 16.0 Å². The number of ether oxygens (including phenoxy) is 1. The first-order chi connectivity index (χ1) is 51.2. The maximum atomic E-state index is 15.7. The van der Waals surface area contributed by atoms with E-state index in [4.69, 9.17) is 4.74 Å². The zero-order chi connectivity index (χ0) is 80.5. The SMILES string of the molecule is CC[C@H](C)[C@@H]1NC(=O)[C@H](CC(C)C)N(C)C(=O)C[C@@H](C(=O)N2CCOCC2)N(C)C(=O)[C@H](C2CCCC2)N(C)C(=O)C2(CCCC2)NC(=O)[C@@H]2CC(=O)CN2C(=O)[C@H](CCC2CC(F)C(C(F)(F)F)C(F)C2)NC(=O)CN(C)C(=O)[C@H](CC2CCC(C(F)(F)F)CC2)N2CCCC[C@@H](C2=O)N(C)C(=O)CN(C)C1=O. The molecular weight excluding hydrogens is 1440 g/mol. The Balaban J connectivity index is 1.20. The van der Waals surface area contributed by atoms with E-state index < -0.39 is 242 Å². The Hall–Kier alpha value is -7.29. The average molecular weight is 1560 g/mol. The van der Waals surface area contributed by atoms with Crippen LogP contribution in [0, 0.1) is 41.4 Å². The molecule has 0 radical (unpaired) electrons. The maximum Gasteiger partial charge on any atom is 0.397 e. The Bertz CT molecular complexity index is 3280. The van der Waals surface area contributed by atoms with Crippen molar-refractivity contribution in [3.05, 3.63) is 0 Å². The van der Waals surface area contributed by atoms with Crippen molar-refractivity contribution in [1.29, 1.82) is 0 Å². The zero-order valence-corrected chi connectivity index (χ0v) is 64.7. The van der Waals surface area contributed by atoms with E-state index in [1.54, 1.807) is 13.8 Å². The summed E-state index contributed by atoms with van der Waals surface area (Å²) in [5.74, 6) is -18.2. The third-order valence-corrected chi connectivity index (χ3v) is 24.6. The second-order valence-corrected chi connectivity index (χ2v) is 32.6. The molecule has 109 heavy (non-hydrogen) atoms. The molecular formula is C75H114F8N12O14. The Morgan fingerprint density at radius 1 is 0.569 bits per heavy atom. The van der Waals surface area contributed by atoms with Crippen molar-refractivity contribution in [1.82, 2.24) is 60.0 Å². The standard InChI is InChI=1S/C75H114F8N12O14/c1-11-44(4)62-70(106)88(6)42-60(99)89(7)53-20-14-17-29-94(69(53)105)57(37-45-21-24-48(25-22-45)74(78,79)80)67(103)87(5)41-58(97)84-52(26-23-46-35-50(76)61(51(77)36-46)75(81,82)83)66(102)95-40-49(96)38-55(95)65(101)86-73(27-15-16-28-73)72(108)92(10)63(47-18-12-13-19-47)71(107)91(9)56(68(104)93-30-32-109-33-31-93)39-59(98)90(8)54(34-43(2)3)64(100)85-62/h43-48,50-57,61-63H,11-42H2,1-10H3,(H,84,97)(H,85,100)(H,86,101)/t44-,45?,46?,48?,50?,51?,52-,53-,54-,55-,56-,57-,61?,62-,63-/m0/s1. The van der Waals surface area contributed by atoms with Crippen LogP contribution in [0.1, 0.15) is 182 Å². The fourth-order valence-electron chi connectivity index (χ4n) is 17.8. The number of likely N-dealkylation sites (N-methyl/N-ethyl adjacent to an activating group) is 6. The molecule has 11 atom stereocenters. The molecule has 26 nitrogen and oxygen atoms in total. The first-order valence-electron chi connectivity index (χ1n) is 39.1. The van der Waals surface area contributed by atoms with Gasteiger partial charge in [-0.1, -0.05) is 59.8 Å². The summed E-state index contributed by atoms with van der Waals surface area (Å²) in [5.41, 5.74) is -1.79. The van der Waals surface area contributed by atoms with Crippen molar-refractivity contribution < 1.29 is 102 Å². The van der Waals surface area contributed by atoms with E-state index in [1.807, 2.05) is 13.8 Å². The van der Waals surface area contributed by atoms with Gasteiger partial charge in [0, 0.05) is 68.3 Å². The number of carbonyl (C=O) groups excluding carboxylic acids is 13. The zero-order valence-electron chi connectivity index (χ0n) is 64.7. The van der Waals surface area contributed by atoms with Crippen LogP contribution in [-0.2, 0) is 67.1 Å². The number of carbonyl (C=O) groups is 13. The number of nitrogens with zero attached hydrogens (tertiary/aromatic N) is 9. The van der Waals surface area contributed by atoms with Crippen LogP contribution in [0.3, 0.4) is 0 Å². The number of Topliss-reactive ketones (excluding diaryl/α,β-unsaturated/α-hetero) is 1. The van der Waals surface area contributed by atoms with E-state index in [-0.39, 0.29) is 109 Å². The van der Waals surface area contributed by atoms with Gasteiger partial charge < -0.3 is 64.8 Å². The van der Waals surface area contributed by atoms with Gasteiger partial charge in [0.2, 0.25) is 70.9 Å². The lowest BCUT2D eigenvalue weighted by Crippen LogP contribution is -2.65. The fourth-order valence-corrected chi connectivity index (χ4v) is 17.8. The molecule has 4 aliphatic carbocycles. The van der Waals surface area contributed by atoms with Gasteiger partial charge in [-0.25, -0.2) is 8.78 Å². The molecule has 8 aliphatic rings. The lowest BCUT2D eigenvalue weighted by Gasteiger charge is -2.42. The third-order valence-electron chi connectivity index (χ3n) is 24.6. The average Bonchev–Trinajstić information content (AvgIpc) is 1.75. The maximum absolute atomic E-state index is 15.7. The van der Waals surface area contributed by atoms with Crippen LogP contribution in [0.4, 0.5) is 35.1 Å². The quantitative estimate of drug-likeness (QED) is 0.215. The number of ketones is 1. The lowest BCUT2D eigenvalue weighted by molar-refractivity contribution is -0.219. The molecule has 4 saturated carbocycles. The summed E-state index contributed by atoms with van der Waals surface area (Å²) >= 11 is 0. The molecule has 3 N–H and O–H groups in total. The van der Waals surface area contributed by atoms with Crippen molar-refractivity contribution in [2.45, 2.75) is 260 Å². The van der Waals surface area contributed by atoms with Gasteiger partial charge in [0.25, 0.3) is 0 Å². The summed E-state index contributed by atoms with van der Waals surface area (Å²) in [5, 5.41) is 8.27. The summed E-state index contributed by atoms with van der Waals surface area (Å²) in [6, 6.07) is -11.7. The lowest BCUT2D eigenvalue weighted by atomic mass is 9.76. The summed E-state index contributed by atoms with van der Waals surface area (Å²) in [6.07, 6.45) is -15.8. The van der Waals surface area contributed by atoms with Gasteiger partial charge in [-0.15, -0.1) is 0 Å². The molecule has 0 aromatic rings. The Morgan fingerprint density at radius 2 is 1.17 bits per heavy atom. The summed E-state index contributed by atoms with van der Waals surface area (Å²) in [7, 11) is 7.97. The molecule has 1 spiro atoms. The van der Waals surface area contributed by atoms with Gasteiger partial charge >= 0.3 is 12.4 Å². The van der Waals surface area contributed by atoms with Crippen LogP contribution in [0.2, 0.25) is 0 Å². The van der Waals surface area contributed by atoms with Gasteiger partial charge in [0.1, 0.15) is 72.1 Å². The number of amides is 12. The number of halogens is 8. The first kappa shape index (κ1) is 87.3. The van der Waals surface area contributed by atoms with Crippen molar-refractivity contribution in [2.24, 2.45) is 41.4 Å². The summed E-state index contributed by atoms with van der Waals surface area (Å²) < 4.78 is 120. The minimum atomic E-state index is -5.24. The van der Waals surface area contributed by atoms with Crippen molar-refractivity contribution >= 4 is 76.7 Å². The molecule has 34 heteroatoms. The van der Waals surface area contributed by atoms with Crippen LogP contribution in [0.15, 0.2) is 0 Å². The van der Waals surface area contributed by atoms with E-state index in [0.29, 0.717) is 51.4 Å². The van der Waals surface area contributed by atoms with Crippen LogP contribution in [-0.4, -0.2) is 294 Å². The molecule has 8 rings (SSSR count). The topological polar surface area (TPSA) is 296 Å². The Morgan fingerprint density at radius 3 is 1.76 bits per heavy atom. The predicted octanol–water partition coefficient (Wildman–Crippen LogP) is 5.51. The van der Waals surface area contributed by atoms with Crippen LogP contribution in [0.5, 0.6) is 0 Å². The van der Waals surface area contributed by atoms with Crippen LogP contribution in [0.25, 0.3) is 0 Å². The largest absolute Gasteiger partial charge is 0.397 e. The molecule has 12 amide bonds. The smallest absolute Gasteiger partial charge is 0.378 e. The van der Waals surface area contributed by atoms with Gasteiger partial charge in [-0.2, -0.15) is 26.3 Å². The second kappa shape index (κ2) is 37.4. The first-order valence-corrected chi connectivity index (χ1v) is 39.1. The molecule has 2 unspecified atom stereocenters. The summed E-state index contributed by atoms with van der Waals surface area (Å²) in [4.78, 5) is 206. The molecule has 0 aromatic carbocycles. The van der Waals surface area contributed by atoms with E-state index >= 15 is 47.1 Å². The Kier molecular flexibility index (Phi) is 29.9. The molecule has 614 valence electrons.